The zero-order valence-electron chi connectivity index (χ0n) is 10.5. The van der Waals surface area contributed by atoms with Crippen molar-refractivity contribution < 1.29 is 0 Å². The summed E-state index contributed by atoms with van der Waals surface area (Å²) in [5, 5.41) is 0. The van der Waals surface area contributed by atoms with Crippen molar-refractivity contribution in [1.82, 2.24) is 4.57 Å². The number of thiophene rings is 1. The van der Waals surface area contributed by atoms with Gasteiger partial charge in [-0.05, 0) is 36.6 Å². The highest BCUT2D eigenvalue weighted by Crippen LogP contribution is 2.20. The number of hydrogen-bond acceptors (Lipinski definition) is 2. The van der Waals surface area contributed by atoms with Gasteiger partial charge in [0.25, 0.3) is 0 Å². The second-order valence-electron chi connectivity index (χ2n) is 4.35. The fraction of sp³-hybridized carbons (Fsp3) is 0.429. The minimum Gasteiger partial charge on any atom is -0.349 e. The number of aromatic nitrogens is 1. The summed E-state index contributed by atoms with van der Waals surface area (Å²) < 4.78 is 2.22. The summed E-state index contributed by atoms with van der Waals surface area (Å²) in [6.07, 6.45) is 6.40. The van der Waals surface area contributed by atoms with Gasteiger partial charge >= 0.3 is 0 Å². The highest BCUT2D eigenvalue weighted by molar-refractivity contribution is 7.11. The molecule has 17 heavy (non-hydrogen) atoms. The van der Waals surface area contributed by atoms with E-state index in [1.54, 1.807) is 0 Å². The predicted molar refractivity (Wildman–Crippen MR) is 74.5 cm³/mol. The smallest absolute Gasteiger partial charge is 0.0563 e. The second-order valence-corrected chi connectivity index (χ2v) is 5.61. The van der Waals surface area contributed by atoms with Crippen LogP contribution in [0.4, 0.5) is 0 Å². The van der Waals surface area contributed by atoms with Crippen LogP contribution in [0.5, 0.6) is 0 Å². The standard InChI is InChI=1S/C14H20N2S/c1-3-12-5-6-13(17-12)10-16-8-7-11(9-16)14(15)4-2/h5-9,14H,3-4,10,15H2,1-2H3. The fourth-order valence-corrected chi connectivity index (χ4v) is 2.86. The number of nitrogens with zero attached hydrogens (tertiary/aromatic N) is 1. The predicted octanol–water partition coefficient (Wildman–Crippen LogP) is 3.57. The molecule has 2 nitrogen and oxygen atoms in total. The van der Waals surface area contributed by atoms with Crippen LogP contribution in [0.3, 0.4) is 0 Å². The summed E-state index contributed by atoms with van der Waals surface area (Å²) in [7, 11) is 0. The number of nitrogens with two attached hydrogens (primary N) is 1. The number of aryl methyl sites for hydroxylation is 1. The molecule has 0 aliphatic rings. The van der Waals surface area contributed by atoms with Gasteiger partial charge in [0.1, 0.15) is 0 Å². The van der Waals surface area contributed by atoms with Crippen LogP contribution >= 0.6 is 11.3 Å². The van der Waals surface area contributed by atoms with E-state index in [1.807, 2.05) is 11.3 Å². The molecule has 0 radical (unpaired) electrons. The molecule has 0 aliphatic carbocycles. The van der Waals surface area contributed by atoms with Gasteiger partial charge in [0.15, 0.2) is 0 Å². The van der Waals surface area contributed by atoms with Gasteiger partial charge in [0, 0.05) is 28.2 Å². The first-order valence-electron chi connectivity index (χ1n) is 6.21. The molecule has 2 N–H and O–H groups in total. The van der Waals surface area contributed by atoms with E-state index >= 15 is 0 Å². The van der Waals surface area contributed by atoms with Gasteiger partial charge < -0.3 is 10.3 Å². The quantitative estimate of drug-likeness (QED) is 0.861. The molecule has 3 heteroatoms. The lowest BCUT2D eigenvalue weighted by atomic mass is 10.1. The van der Waals surface area contributed by atoms with E-state index in [4.69, 9.17) is 5.73 Å². The zero-order chi connectivity index (χ0) is 12.3. The zero-order valence-corrected chi connectivity index (χ0v) is 11.3. The summed E-state index contributed by atoms with van der Waals surface area (Å²) >= 11 is 1.90. The Kier molecular flexibility index (Phi) is 4.02. The van der Waals surface area contributed by atoms with E-state index in [1.165, 1.54) is 15.3 Å². The van der Waals surface area contributed by atoms with Crippen LogP contribution in [0, 0.1) is 0 Å². The maximum atomic E-state index is 6.02. The van der Waals surface area contributed by atoms with E-state index in [2.05, 4.69) is 49.0 Å². The molecule has 0 saturated carbocycles. The molecule has 2 heterocycles. The molecule has 0 bridgehead atoms. The van der Waals surface area contributed by atoms with Crippen LogP contribution in [0.1, 0.15) is 41.6 Å². The lowest BCUT2D eigenvalue weighted by Gasteiger charge is -2.05. The van der Waals surface area contributed by atoms with E-state index in [0.717, 1.165) is 19.4 Å². The summed E-state index contributed by atoms with van der Waals surface area (Å²) in [4.78, 5) is 2.87. The first-order valence-corrected chi connectivity index (χ1v) is 7.03. The molecule has 1 unspecified atom stereocenters. The minimum atomic E-state index is 0.172. The topological polar surface area (TPSA) is 30.9 Å². The Balaban J connectivity index is 2.06. The van der Waals surface area contributed by atoms with Crippen molar-refractivity contribution in [1.29, 1.82) is 0 Å². The van der Waals surface area contributed by atoms with Crippen molar-refractivity contribution in [2.45, 2.75) is 39.3 Å². The maximum Gasteiger partial charge on any atom is 0.0563 e. The molecule has 2 rings (SSSR count). The Morgan fingerprint density at radius 1 is 1.24 bits per heavy atom. The Bertz CT molecular complexity index is 470. The first-order chi connectivity index (χ1) is 8.22. The summed E-state index contributed by atoms with van der Waals surface area (Å²) in [5.41, 5.74) is 7.25. The SMILES string of the molecule is CCc1ccc(Cn2ccc(C(N)CC)c2)s1. The van der Waals surface area contributed by atoms with Crippen LogP contribution in [-0.2, 0) is 13.0 Å². The molecule has 2 aromatic heterocycles. The van der Waals surface area contributed by atoms with E-state index in [9.17, 15) is 0 Å². The molecule has 0 aromatic carbocycles. The summed E-state index contributed by atoms with van der Waals surface area (Å²) in [6.45, 7) is 5.28. The highest BCUT2D eigenvalue weighted by atomic mass is 32.1. The van der Waals surface area contributed by atoms with Crippen molar-refractivity contribution in [3.05, 3.63) is 45.9 Å². The highest BCUT2D eigenvalue weighted by Gasteiger charge is 2.06. The maximum absolute atomic E-state index is 6.02. The monoisotopic (exact) mass is 248 g/mol. The van der Waals surface area contributed by atoms with Crippen molar-refractivity contribution >= 4 is 11.3 Å². The lowest BCUT2D eigenvalue weighted by molar-refractivity contribution is 0.693. The van der Waals surface area contributed by atoms with E-state index in [-0.39, 0.29) is 6.04 Å². The van der Waals surface area contributed by atoms with Gasteiger partial charge in [-0.15, -0.1) is 11.3 Å². The first kappa shape index (κ1) is 12.4. The summed E-state index contributed by atoms with van der Waals surface area (Å²) in [6, 6.07) is 6.75. The van der Waals surface area contributed by atoms with Gasteiger partial charge in [-0.2, -0.15) is 0 Å². The minimum absolute atomic E-state index is 0.172. The van der Waals surface area contributed by atoms with Crippen LogP contribution in [0.25, 0.3) is 0 Å². The summed E-state index contributed by atoms with van der Waals surface area (Å²) in [5.74, 6) is 0. The van der Waals surface area contributed by atoms with Crippen molar-refractivity contribution in [2.24, 2.45) is 5.73 Å². The van der Waals surface area contributed by atoms with Crippen LogP contribution in [-0.4, -0.2) is 4.57 Å². The van der Waals surface area contributed by atoms with Gasteiger partial charge in [-0.3, -0.25) is 0 Å². The molecule has 0 aliphatic heterocycles. The average Bonchev–Trinajstić information content (AvgIpc) is 2.97. The largest absolute Gasteiger partial charge is 0.349 e. The van der Waals surface area contributed by atoms with Crippen LogP contribution < -0.4 is 5.73 Å². The van der Waals surface area contributed by atoms with Crippen molar-refractivity contribution in [3.63, 3.8) is 0 Å². The second kappa shape index (κ2) is 5.52. The Labute approximate surface area is 107 Å². The molecule has 0 spiro atoms. The number of hydrogen-bond donors (Lipinski definition) is 1. The van der Waals surface area contributed by atoms with Gasteiger partial charge in [0.2, 0.25) is 0 Å². The van der Waals surface area contributed by atoms with Gasteiger partial charge in [-0.1, -0.05) is 13.8 Å². The molecule has 0 fully saturated rings. The Hall–Kier alpha value is -1.06. The van der Waals surface area contributed by atoms with Gasteiger partial charge in [0.05, 0.1) is 6.54 Å². The molecule has 0 amide bonds. The molecule has 1 atom stereocenters. The van der Waals surface area contributed by atoms with Gasteiger partial charge in [-0.25, -0.2) is 0 Å². The van der Waals surface area contributed by atoms with Crippen LogP contribution in [0.2, 0.25) is 0 Å². The number of rotatable bonds is 5. The fourth-order valence-electron chi connectivity index (χ4n) is 1.89. The van der Waals surface area contributed by atoms with Crippen molar-refractivity contribution in [2.75, 3.05) is 0 Å². The lowest BCUT2D eigenvalue weighted by Crippen LogP contribution is -2.07. The van der Waals surface area contributed by atoms with E-state index in [0.29, 0.717) is 0 Å². The molecule has 2 aromatic rings. The average molecular weight is 248 g/mol. The third-order valence-electron chi connectivity index (χ3n) is 3.05. The van der Waals surface area contributed by atoms with Crippen molar-refractivity contribution in [3.8, 4) is 0 Å². The normalized spacial score (nSPS) is 12.9. The third kappa shape index (κ3) is 2.99. The Morgan fingerprint density at radius 3 is 2.65 bits per heavy atom. The molecule has 0 saturated heterocycles. The molecular formula is C14H20N2S. The Morgan fingerprint density at radius 2 is 2.00 bits per heavy atom. The van der Waals surface area contributed by atoms with Crippen LogP contribution in [0.15, 0.2) is 30.6 Å². The molecule has 92 valence electrons. The third-order valence-corrected chi connectivity index (χ3v) is 4.26. The molecular weight excluding hydrogens is 228 g/mol. The van der Waals surface area contributed by atoms with E-state index < -0.39 is 0 Å².